The van der Waals surface area contributed by atoms with Crippen molar-refractivity contribution < 1.29 is 17.6 Å². The number of rotatable bonds is 4. The van der Waals surface area contributed by atoms with Crippen LogP contribution in [0.25, 0.3) is 0 Å². The highest BCUT2D eigenvalue weighted by atomic mass is 79.9. The fourth-order valence-corrected chi connectivity index (χ4v) is 4.52. The number of likely N-dealkylation sites (tertiary alicyclic amines) is 1. The van der Waals surface area contributed by atoms with E-state index in [0.717, 1.165) is 25.8 Å². The van der Waals surface area contributed by atoms with Gasteiger partial charge in [0.15, 0.2) is 0 Å². The van der Waals surface area contributed by atoms with Gasteiger partial charge in [-0.3, -0.25) is 4.79 Å². The SMILES string of the molecule is CN1CCCCC/C1=N\S(=O)(=O)c1cccc(NC(=O)c2ccc(Br)cc2F)c1. The zero-order valence-corrected chi connectivity index (χ0v) is 18.3. The van der Waals surface area contributed by atoms with E-state index in [2.05, 4.69) is 25.6 Å². The Morgan fingerprint density at radius 3 is 2.72 bits per heavy atom. The van der Waals surface area contributed by atoms with Gasteiger partial charge in [-0.15, -0.1) is 4.40 Å². The lowest BCUT2D eigenvalue weighted by atomic mass is 10.2. The fraction of sp³-hybridized carbons (Fsp3) is 0.300. The summed E-state index contributed by atoms with van der Waals surface area (Å²) in [6.45, 7) is 0.767. The van der Waals surface area contributed by atoms with E-state index < -0.39 is 21.7 Å². The van der Waals surface area contributed by atoms with E-state index in [4.69, 9.17) is 0 Å². The van der Waals surface area contributed by atoms with Crippen LogP contribution in [0, 0.1) is 5.82 Å². The van der Waals surface area contributed by atoms with E-state index in [1.165, 1.54) is 30.3 Å². The molecular formula is C20H21BrFN3O3S. The maximum absolute atomic E-state index is 14.0. The van der Waals surface area contributed by atoms with Gasteiger partial charge < -0.3 is 10.2 Å². The minimum atomic E-state index is -3.93. The molecule has 29 heavy (non-hydrogen) atoms. The molecule has 1 heterocycles. The predicted molar refractivity (Wildman–Crippen MR) is 114 cm³/mol. The summed E-state index contributed by atoms with van der Waals surface area (Å²) >= 11 is 3.14. The highest BCUT2D eigenvalue weighted by molar-refractivity contribution is 9.10. The number of hydrogen-bond donors (Lipinski definition) is 1. The number of sulfonamides is 1. The molecule has 0 aliphatic carbocycles. The van der Waals surface area contributed by atoms with Gasteiger partial charge in [0, 0.05) is 30.2 Å². The maximum Gasteiger partial charge on any atom is 0.284 e. The lowest BCUT2D eigenvalue weighted by molar-refractivity contribution is 0.102. The number of benzene rings is 2. The molecule has 1 amide bonds. The van der Waals surface area contributed by atoms with E-state index in [1.54, 1.807) is 12.1 Å². The Morgan fingerprint density at radius 2 is 1.97 bits per heavy atom. The van der Waals surface area contributed by atoms with Crippen molar-refractivity contribution in [3.05, 3.63) is 58.3 Å². The predicted octanol–water partition coefficient (Wildman–Crippen LogP) is 4.43. The first-order valence-electron chi connectivity index (χ1n) is 9.18. The quantitative estimate of drug-likeness (QED) is 0.700. The summed E-state index contributed by atoms with van der Waals surface area (Å²) in [4.78, 5) is 14.2. The molecule has 1 N–H and O–H groups in total. The van der Waals surface area contributed by atoms with E-state index >= 15 is 0 Å². The van der Waals surface area contributed by atoms with Gasteiger partial charge in [-0.1, -0.05) is 28.4 Å². The molecule has 2 aromatic carbocycles. The Kier molecular flexibility index (Phi) is 6.69. The Morgan fingerprint density at radius 1 is 1.17 bits per heavy atom. The number of hydrogen-bond acceptors (Lipinski definition) is 3. The topological polar surface area (TPSA) is 78.8 Å². The van der Waals surface area contributed by atoms with Gasteiger partial charge in [0.05, 0.1) is 10.5 Å². The number of anilines is 1. The standard InChI is InChI=1S/C20H21BrFN3O3S/c1-25-11-4-2-3-8-19(25)24-29(27,28)16-7-5-6-15(13-16)23-20(26)17-10-9-14(21)12-18(17)22/h5-7,9-10,12-13H,2-4,8,11H2,1H3,(H,23,26)/b24-19+. The Bertz CT molecular complexity index is 1060. The van der Waals surface area contributed by atoms with Crippen LogP contribution in [0.3, 0.4) is 0 Å². The Balaban J connectivity index is 1.84. The number of nitrogens with zero attached hydrogens (tertiary/aromatic N) is 2. The molecule has 6 nitrogen and oxygen atoms in total. The molecule has 9 heteroatoms. The van der Waals surface area contributed by atoms with Gasteiger partial charge in [-0.25, -0.2) is 4.39 Å². The molecule has 1 aliphatic rings. The number of amides is 1. The summed E-state index contributed by atoms with van der Waals surface area (Å²) in [5, 5.41) is 2.54. The van der Waals surface area contributed by atoms with Gasteiger partial charge in [0.1, 0.15) is 11.7 Å². The van der Waals surface area contributed by atoms with Crippen molar-refractivity contribution in [2.24, 2.45) is 4.40 Å². The summed E-state index contributed by atoms with van der Waals surface area (Å²) in [5.41, 5.74) is 0.106. The molecule has 2 aromatic rings. The first-order chi connectivity index (χ1) is 13.8. The molecule has 0 spiro atoms. The van der Waals surface area contributed by atoms with Gasteiger partial charge >= 0.3 is 0 Å². The average Bonchev–Trinajstić information content (AvgIpc) is 2.86. The zero-order valence-electron chi connectivity index (χ0n) is 15.9. The van der Waals surface area contributed by atoms with Gasteiger partial charge in [0.2, 0.25) is 0 Å². The van der Waals surface area contributed by atoms with Crippen molar-refractivity contribution in [2.75, 3.05) is 18.9 Å². The van der Waals surface area contributed by atoms with Crippen molar-refractivity contribution in [1.82, 2.24) is 4.90 Å². The summed E-state index contributed by atoms with van der Waals surface area (Å²) < 4.78 is 44.1. The Hall–Kier alpha value is -2.26. The van der Waals surface area contributed by atoms with Crippen LogP contribution in [0.5, 0.6) is 0 Å². The number of halogens is 2. The van der Waals surface area contributed by atoms with Gasteiger partial charge in [-0.2, -0.15) is 8.42 Å². The highest BCUT2D eigenvalue weighted by Crippen LogP contribution is 2.21. The first kappa shape index (κ1) is 21.4. The maximum atomic E-state index is 14.0. The van der Waals surface area contributed by atoms with Crippen LogP contribution in [-0.4, -0.2) is 38.7 Å². The first-order valence-corrected chi connectivity index (χ1v) is 11.4. The molecule has 0 saturated carbocycles. The highest BCUT2D eigenvalue weighted by Gasteiger charge is 2.19. The molecule has 0 aromatic heterocycles. The number of carbonyl (C=O) groups is 1. The van der Waals surface area contributed by atoms with Crippen LogP contribution >= 0.6 is 15.9 Å². The second-order valence-electron chi connectivity index (χ2n) is 6.82. The number of amidine groups is 1. The lowest BCUT2D eigenvalue weighted by Gasteiger charge is -2.17. The largest absolute Gasteiger partial charge is 0.362 e. The number of nitrogens with one attached hydrogen (secondary N) is 1. The van der Waals surface area contributed by atoms with Crippen molar-refractivity contribution >= 4 is 43.4 Å². The van der Waals surface area contributed by atoms with Crippen molar-refractivity contribution in [3.8, 4) is 0 Å². The third-order valence-electron chi connectivity index (χ3n) is 4.63. The second-order valence-corrected chi connectivity index (χ2v) is 9.34. The smallest absolute Gasteiger partial charge is 0.284 e. The van der Waals surface area contributed by atoms with Crippen LogP contribution in [0.1, 0.15) is 36.0 Å². The second kappa shape index (κ2) is 9.04. The summed E-state index contributed by atoms with van der Waals surface area (Å²) in [7, 11) is -2.09. The molecule has 0 atom stereocenters. The molecule has 154 valence electrons. The molecule has 1 aliphatic heterocycles. The number of carbonyl (C=O) groups excluding carboxylic acids is 1. The third-order valence-corrected chi connectivity index (χ3v) is 6.42. The summed E-state index contributed by atoms with van der Waals surface area (Å²) in [6, 6.07) is 9.89. The van der Waals surface area contributed by atoms with E-state index in [9.17, 15) is 17.6 Å². The molecule has 0 bridgehead atoms. The molecule has 1 fully saturated rings. The van der Waals surface area contributed by atoms with Crippen LogP contribution in [-0.2, 0) is 10.0 Å². The molecule has 0 unspecified atom stereocenters. The van der Waals surface area contributed by atoms with Gasteiger partial charge in [0.25, 0.3) is 15.9 Å². The van der Waals surface area contributed by atoms with Crippen LogP contribution in [0.2, 0.25) is 0 Å². The molecule has 3 rings (SSSR count). The van der Waals surface area contributed by atoms with Crippen LogP contribution in [0.4, 0.5) is 10.1 Å². The van der Waals surface area contributed by atoms with E-state index in [-0.39, 0.29) is 16.1 Å². The average molecular weight is 482 g/mol. The molecular weight excluding hydrogens is 461 g/mol. The monoisotopic (exact) mass is 481 g/mol. The minimum Gasteiger partial charge on any atom is -0.362 e. The van der Waals surface area contributed by atoms with Crippen molar-refractivity contribution in [1.29, 1.82) is 0 Å². The normalized spacial score (nSPS) is 16.5. The van der Waals surface area contributed by atoms with Crippen molar-refractivity contribution in [3.63, 3.8) is 0 Å². The Labute approximate surface area is 178 Å². The zero-order chi connectivity index (χ0) is 21.0. The van der Waals surface area contributed by atoms with Crippen LogP contribution < -0.4 is 5.32 Å². The van der Waals surface area contributed by atoms with Gasteiger partial charge in [-0.05, 0) is 49.2 Å². The van der Waals surface area contributed by atoms with E-state index in [0.29, 0.717) is 16.7 Å². The van der Waals surface area contributed by atoms with Crippen LogP contribution in [0.15, 0.2) is 56.2 Å². The third kappa shape index (κ3) is 5.42. The molecule has 1 saturated heterocycles. The fourth-order valence-electron chi connectivity index (χ4n) is 3.04. The van der Waals surface area contributed by atoms with E-state index in [1.807, 2.05) is 11.9 Å². The lowest BCUT2D eigenvalue weighted by Crippen LogP contribution is -2.26. The van der Waals surface area contributed by atoms with Crippen molar-refractivity contribution in [2.45, 2.75) is 30.6 Å². The molecule has 0 radical (unpaired) electrons. The minimum absolute atomic E-state index is 0.0308. The summed E-state index contributed by atoms with van der Waals surface area (Å²) in [6.07, 6.45) is 3.55. The summed E-state index contributed by atoms with van der Waals surface area (Å²) in [5.74, 6) is -0.809.